The summed E-state index contributed by atoms with van der Waals surface area (Å²) in [6.07, 6.45) is 1.47. The molecule has 5 nitrogen and oxygen atoms in total. The van der Waals surface area contributed by atoms with Crippen LogP contribution in [-0.4, -0.2) is 26.5 Å². The Labute approximate surface area is 126 Å². The number of nitrogens with one attached hydrogen (secondary N) is 2. The smallest absolute Gasteiger partial charge is 0.135 e. The maximum atomic E-state index is 5.43. The number of rotatable bonds is 2. The predicted octanol–water partition coefficient (Wildman–Crippen LogP) is 2.68. The Morgan fingerprint density at radius 2 is 2.00 bits per heavy atom. The Kier molecular flexibility index (Phi) is 3.05. The van der Waals surface area contributed by atoms with E-state index >= 15 is 0 Å². The Balaban J connectivity index is 1.70. The number of fused-ring (bicyclic) bond motifs is 2. The van der Waals surface area contributed by atoms with Crippen molar-refractivity contribution in [1.29, 1.82) is 0 Å². The second-order valence-electron chi connectivity index (χ2n) is 5.13. The van der Waals surface area contributed by atoms with Gasteiger partial charge in [-0.15, -0.1) is 0 Å². The van der Waals surface area contributed by atoms with Gasteiger partial charge in [0, 0.05) is 17.7 Å². The zero-order valence-corrected chi connectivity index (χ0v) is 12.2. The number of aromatic amines is 2. The van der Waals surface area contributed by atoms with Crippen LogP contribution in [0.5, 0.6) is 0 Å². The number of hydrogen-bond donors (Lipinski definition) is 2. The van der Waals surface area contributed by atoms with Gasteiger partial charge in [-0.25, -0.2) is 9.97 Å². The molecule has 0 spiro atoms. The van der Waals surface area contributed by atoms with Crippen LogP contribution in [0, 0.1) is 4.64 Å². The van der Waals surface area contributed by atoms with Gasteiger partial charge in [0.25, 0.3) is 0 Å². The lowest BCUT2D eigenvalue weighted by Gasteiger charge is -2.16. The maximum absolute atomic E-state index is 5.43. The first-order valence-electron chi connectivity index (χ1n) is 6.92. The van der Waals surface area contributed by atoms with Gasteiger partial charge in [-0.2, -0.15) is 0 Å². The second kappa shape index (κ2) is 5.05. The fourth-order valence-corrected chi connectivity index (χ4v) is 2.93. The standard InChI is InChI=1S/C15H14N4OS/c21-15-9-8-20-6-5-10(9)16-14(19-15)7-13-17-11-3-1-2-4-12(11)18-13/h1-4H,5-8H2,(H,17,18)(H,16,19,21). The molecule has 2 aromatic heterocycles. The Morgan fingerprint density at radius 1 is 1.14 bits per heavy atom. The van der Waals surface area contributed by atoms with Crippen molar-refractivity contribution in [3.05, 3.63) is 51.8 Å². The lowest BCUT2D eigenvalue weighted by atomic mass is 10.1. The molecule has 0 radical (unpaired) electrons. The number of hydrogen-bond acceptors (Lipinski definition) is 4. The topological polar surface area (TPSA) is 66.6 Å². The number of benzene rings is 1. The Bertz CT molecular complexity index is 834. The average molecular weight is 298 g/mol. The third kappa shape index (κ3) is 2.36. The molecule has 0 fully saturated rings. The van der Waals surface area contributed by atoms with Crippen LogP contribution < -0.4 is 0 Å². The van der Waals surface area contributed by atoms with Crippen molar-refractivity contribution in [2.24, 2.45) is 0 Å². The number of aromatic nitrogens is 4. The van der Waals surface area contributed by atoms with Crippen LogP contribution >= 0.6 is 12.2 Å². The van der Waals surface area contributed by atoms with Gasteiger partial charge in [-0.05, 0) is 12.1 Å². The van der Waals surface area contributed by atoms with Gasteiger partial charge in [0.05, 0.1) is 30.7 Å². The summed E-state index contributed by atoms with van der Waals surface area (Å²) in [5.74, 6) is 1.74. The number of para-hydroxylation sites is 2. The van der Waals surface area contributed by atoms with Gasteiger partial charge in [-0.3, -0.25) is 0 Å². The molecule has 3 aromatic rings. The number of imidazole rings is 1. The average Bonchev–Trinajstić information content (AvgIpc) is 2.89. The molecule has 0 saturated carbocycles. The van der Waals surface area contributed by atoms with Gasteiger partial charge in [0.2, 0.25) is 0 Å². The molecule has 3 heterocycles. The van der Waals surface area contributed by atoms with E-state index in [1.807, 2.05) is 24.3 Å². The predicted molar refractivity (Wildman–Crippen MR) is 81.7 cm³/mol. The lowest BCUT2D eigenvalue weighted by molar-refractivity contribution is 0.108. The van der Waals surface area contributed by atoms with E-state index in [-0.39, 0.29) is 0 Å². The molecular formula is C15H14N4OS. The number of nitrogens with zero attached hydrogens (tertiary/aromatic N) is 2. The molecule has 21 heavy (non-hydrogen) atoms. The quantitative estimate of drug-likeness (QED) is 0.714. The normalized spacial score (nSPS) is 14.3. The van der Waals surface area contributed by atoms with Gasteiger partial charge in [0.1, 0.15) is 16.3 Å². The molecule has 0 bridgehead atoms. The molecule has 1 aromatic carbocycles. The summed E-state index contributed by atoms with van der Waals surface area (Å²) >= 11 is 5.37. The third-order valence-electron chi connectivity index (χ3n) is 3.67. The second-order valence-corrected chi connectivity index (χ2v) is 5.51. The Morgan fingerprint density at radius 3 is 2.90 bits per heavy atom. The lowest BCUT2D eigenvalue weighted by Crippen LogP contribution is -2.15. The molecule has 0 aliphatic carbocycles. The van der Waals surface area contributed by atoms with E-state index in [4.69, 9.17) is 17.0 Å². The van der Waals surface area contributed by atoms with Gasteiger partial charge < -0.3 is 14.7 Å². The van der Waals surface area contributed by atoms with Crippen molar-refractivity contribution in [2.75, 3.05) is 6.61 Å². The van der Waals surface area contributed by atoms with E-state index in [9.17, 15) is 0 Å². The summed E-state index contributed by atoms with van der Waals surface area (Å²) in [4.78, 5) is 15.7. The largest absolute Gasteiger partial charge is 0.376 e. The van der Waals surface area contributed by atoms with Crippen LogP contribution in [0.1, 0.15) is 22.9 Å². The molecule has 106 valence electrons. The SMILES string of the molecule is S=c1nc(Cc2nc3ccccc3[nH]2)[nH]c2c1COCC2. The van der Waals surface area contributed by atoms with Crippen molar-refractivity contribution in [3.8, 4) is 0 Å². The fraction of sp³-hybridized carbons (Fsp3) is 0.267. The molecule has 4 rings (SSSR count). The molecule has 1 aliphatic rings. The first-order valence-corrected chi connectivity index (χ1v) is 7.33. The van der Waals surface area contributed by atoms with Crippen molar-refractivity contribution in [2.45, 2.75) is 19.4 Å². The summed E-state index contributed by atoms with van der Waals surface area (Å²) in [6.45, 7) is 1.29. The summed E-state index contributed by atoms with van der Waals surface area (Å²) in [5, 5.41) is 0. The molecule has 0 atom stereocenters. The number of H-pyrrole nitrogens is 2. The number of ether oxygens (including phenoxy) is 1. The van der Waals surface area contributed by atoms with E-state index in [1.165, 1.54) is 0 Å². The molecular weight excluding hydrogens is 284 g/mol. The minimum atomic E-state index is 0.558. The third-order valence-corrected chi connectivity index (χ3v) is 4.01. The van der Waals surface area contributed by atoms with Crippen LogP contribution in [0.25, 0.3) is 11.0 Å². The zero-order valence-electron chi connectivity index (χ0n) is 11.3. The van der Waals surface area contributed by atoms with Crippen molar-refractivity contribution in [1.82, 2.24) is 19.9 Å². The minimum absolute atomic E-state index is 0.558. The molecule has 1 aliphatic heterocycles. The highest BCUT2D eigenvalue weighted by Crippen LogP contribution is 2.17. The van der Waals surface area contributed by atoms with E-state index in [0.717, 1.165) is 47.0 Å². The van der Waals surface area contributed by atoms with Crippen LogP contribution in [0.4, 0.5) is 0 Å². The van der Waals surface area contributed by atoms with E-state index in [2.05, 4.69) is 19.9 Å². The van der Waals surface area contributed by atoms with Crippen molar-refractivity contribution < 1.29 is 4.74 Å². The molecule has 0 saturated heterocycles. The van der Waals surface area contributed by atoms with Gasteiger partial charge in [0.15, 0.2) is 0 Å². The summed E-state index contributed by atoms with van der Waals surface area (Å²) in [7, 11) is 0. The Hall–Kier alpha value is -2.05. The van der Waals surface area contributed by atoms with E-state index < -0.39 is 0 Å². The van der Waals surface area contributed by atoms with Crippen LogP contribution in [0.2, 0.25) is 0 Å². The highest BCUT2D eigenvalue weighted by Gasteiger charge is 2.14. The zero-order chi connectivity index (χ0) is 14.2. The summed E-state index contributed by atoms with van der Waals surface area (Å²) in [5.41, 5.74) is 4.17. The maximum Gasteiger partial charge on any atom is 0.135 e. The van der Waals surface area contributed by atoms with Crippen LogP contribution in [-0.2, 0) is 24.2 Å². The van der Waals surface area contributed by atoms with Gasteiger partial charge in [-0.1, -0.05) is 24.4 Å². The first kappa shape index (κ1) is 12.7. The van der Waals surface area contributed by atoms with E-state index in [0.29, 0.717) is 17.7 Å². The van der Waals surface area contributed by atoms with E-state index in [1.54, 1.807) is 0 Å². The summed E-state index contributed by atoms with van der Waals surface area (Å²) in [6, 6.07) is 7.99. The van der Waals surface area contributed by atoms with Crippen molar-refractivity contribution >= 4 is 23.3 Å². The molecule has 2 N–H and O–H groups in total. The monoisotopic (exact) mass is 298 g/mol. The first-order chi connectivity index (χ1) is 10.3. The summed E-state index contributed by atoms with van der Waals surface area (Å²) < 4.78 is 6.06. The molecule has 0 unspecified atom stereocenters. The highest BCUT2D eigenvalue weighted by atomic mass is 32.1. The van der Waals surface area contributed by atoms with Crippen molar-refractivity contribution in [3.63, 3.8) is 0 Å². The highest BCUT2D eigenvalue weighted by molar-refractivity contribution is 7.71. The van der Waals surface area contributed by atoms with Crippen LogP contribution in [0.3, 0.4) is 0 Å². The minimum Gasteiger partial charge on any atom is -0.376 e. The fourth-order valence-electron chi connectivity index (χ4n) is 2.64. The van der Waals surface area contributed by atoms with Gasteiger partial charge >= 0.3 is 0 Å². The molecule has 0 amide bonds. The molecule has 6 heteroatoms. The van der Waals surface area contributed by atoms with Crippen LogP contribution in [0.15, 0.2) is 24.3 Å².